The van der Waals surface area contributed by atoms with Gasteiger partial charge in [0.15, 0.2) is 0 Å². The second kappa shape index (κ2) is 6.22. The average Bonchev–Trinajstić information content (AvgIpc) is 2.45. The Morgan fingerprint density at radius 3 is 2.71 bits per heavy atom. The molecule has 2 N–H and O–H groups in total. The van der Waals surface area contributed by atoms with Gasteiger partial charge >= 0.3 is 5.97 Å². The van der Waals surface area contributed by atoms with E-state index in [4.69, 9.17) is 10.5 Å². The predicted octanol–water partition coefficient (Wildman–Crippen LogP) is 3.97. The first-order valence-corrected chi connectivity index (χ1v) is 6.85. The van der Waals surface area contributed by atoms with E-state index in [0.29, 0.717) is 0 Å². The third-order valence-corrected chi connectivity index (χ3v) is 3.53. The number of benzene rings is 2. The van der Waals surface area contributed by atoms with Gasteiger partial charge in [-0.1, -0.05) is 11.6 Å². The predicted molar refractivity (Wildman–Crippen MR) is 78.8 cm³/mol. The number of hydrogen-bond donors (Lipinski definition) is 1. The Morgan fingerprint density at radius 1 is 1.29 bits per heavy atom. The molecule has 0 aliphatic carbocycles. The molecule has 2 aromatic carbocycles. The maximum absolute atomic E-state index is 13.8. The van der Waals surface area contributed by atoms with E-state index in [0.717, 1.165) is 11.6 Å². The standard InChI is InChI=1S/C15H12BrF2NO2/c1-8-2-5-13(19)9(6-8)15(20)21-7-10-12(17)4-3-11(16)14(10)18/h2-6H,7,19H2,1H3. The molecule has 0 saturated heterocycles. The summed E-state index contributed by atoms with van der Waals surface area (Å²) in [6.45, 7) is 1.28. The zero-order valence-corrected chi connectivity index (χ0v) is 12.7. The van der Waals surface area contributed by atoms with Gasteiger partial charge in [-0.3, -0.25) is 0 Å². The van der Waals surface area contributed by atoms with Gasteiger partial charge in [-0.15, -0.1) is 0 Å². The molecule has 0 fully saturated rings. The Hall–Kier alpha value is -1.95. The topological polar surface area (TPSA) is 52.3 Å². The summed E-state index contributed by atoms with van der Waals surface area (Å²) in [4.78, 5) is 11.9. The van der Waals surface area contributed by atoms with Gasteiger partial charge in [0.2, 0.25) is 0 Å². The molecule has 0 spiro atoms. The number of carbonyl (C=O) groups excluding carboxylic acids is 1. The van der Waals surface area contributed by atoms with Gasteiger partial charge < -0.3 is 10.5 Å². The largest absolute Gasteiger partial charge is 0.457 e. The number of halogens is 3. The second-order valence-corrected chi connectivity index (χ2v) is 5.34. The van der Waals surface area contributed by atoms with Crippen molar-refractivity contribution in [3.8, 4) is 0 Å². The summed E-state index contributed by atoms with van der Waals surface area (Å²) in [7, 11) is 0. The maximum Gasteiger partial charge on any atom is 0.340 e. The van der Waals surface area contributed by atoms with Gasteiger partial charge in [0.05, 0.1) is 15.6 Å². The highest BCUT2D eigenvalue weighted by Crippen LogP contribution is 2.23. The summed E-state index contributed by atoms with van der Waals surface area (Å²) in [6, 6.07) is 7.23. The molecule has 0 aromatic heterocycles. The molecule has 0 bridgehead atoms. The van der Waals surface area contributed by atoms with Crippen LogP contribution in [0.15, 0.2) is 34.8 Å². The lowest BCUT2D eigenvalue weighted by Crippen LogP contribution is -2.10. The number of esters is 1. The first kappa shape index (κ1) is 15.4. The van der Waals surface area contributed by atoms with Crippen molar-refractivity contribution in [2.45, 2.75) is 13.5 Å². The van der Waals surface area contributed by atoms with Crippen molar-refractivity contribution < 1.29 is 18.3 Å². The van der Waals surface area contributed by atoms with Gasteiger partial charge in [0, 0.05) is 5.69 Å². The molecule has 2 rings (SSSR count). The number of hydrogen-bond acceptors (Lipinski definition) is 3. The third kappa shape index (κ3) is 3.39. The molecule has 0 aliphatic heterocycles. The quantitative estimate of drug-likeness (QED) is 0.514. The molecule has 0 saturated carbocycles. The average molecular weight is 356 g/mol. The first-order chi connectivity index (χ1) is 9.90. The van der Waals surface area contributed by atoms with Crippen LogP contribution in [0.4, 0.5) is 14.5 Å². The molecule has 6 heteroatoms. The van der Waals surface area contributed by atoms with Crippen LogP contribution in [0.5, 0.6) is 0 Å². The molecule has 3 nitrogen and oxygen atoms in total. The Bertz CT molecular complexity index is 704. The van der Waals surface area contributed by atoms with Crippen LogP contribution in [0.2, 0.25) is 0 Å². The summed E-state index contributed by atoms with van der Waals surface area (Å²) in [6.07, 6.45) is 0. The molecule has 0 aliphatic rings. The number of nitrogens with two attached hydrogens (primary N) is 1. The molecule has 0 amide bonds. The highest BCUT2D eigenvalue weighted by Gasteiger charge is 2.16. The Labute approximate surface area is 128 Å². The summed E-state index contributed by atoms with van der Waals surface area (Å²) in [5, 5.41) is 0. The van der Waals surface area contributed by atoms with Crippen LogP contribution >= 0.6 is 15.9 Å². The van der Waals surface area contributed by atoms with Gasteiger partial charge in [-0.2, -0.15) is 0 Å². The van der Waals surface area contributed by atoms with Gasteiger partial charge in [0.25, 0.3) is 0 Å². The minimum absolute atomic E-state index is 0.102. The fourth-order valence-electron chi connectivity index (χ4n) is 1.76. The van der Waals surface area contributed by atoms with Crippen molar-refractivity contribution in [1.82, 2.24) is 0 Å². The van der Waals surface area contributed by atoms with Crippen molar-refractivity contribution >= 4 is 27.6 Å². The third-order valence-electron chi connectivity index (χ3n) is 2.92. The summed E-state index contributed by atoms with van der Waals surface area (Å²) < 4.78 is 32.4. The minimum atomic E-state index is -0.792. The number of carbonyl (C=O) groups is 1. The smallest absolute Gasteiger partial charge is 0.340 e. The summed E-state index contributed by atoms with van der Waals surface area (Å²) in [5.74, 6) is -2.30. The van der Waals surface area contributed by atoms with Crippen molar-refractivity contribution in [2.24, 2.45) is 0 Å². The van der Waals surface area contributed by atoms with E-state index in [1.165, 1.54) is 6.07 Å². The number of aryl methyl sites for hydroxylation is 1. The van der Waals surface area contributed by atoms with E-state index in [9.17, 15) is 13.6 Å². The van der Waals surface area contributed by atoms with Crippen LogP contribution < -0.4 is 5.73 Å². The fourth-order valence-corrected chi connectivity index (χ4v) is 2.14. The van der Waals surface area contributed by atoms with Crippen LogP contribution in [-0.2, 0) is 11.3 Å². The van der Waals surface area contributed by atoms with E-state index in [2.05, 4.69) is 15.9 Å². The highest BCUT2D eigenvalue weighted by atomic mass is 79.9. The number of ether oxygens (including phenoxy) is 1. The van der Waals surface area contributed by atoms with Crippen LogP contribution in [0.25, 0.3) is 0 Å². The molecule has 21 heavy (non-hydrogen) atoms. The first-order valence-electron chi connectivity index (χ1n) is 6.05. The molecular weight excluding hydrogens is 344 g/mol. The van der Waals surface area contributed by atoms with Gasteiger partial charge in [0.1, 0.15) is 18.2 Å². The van der Waals surface area contributed by atoms with E-state index in [1.54, 1.807) is 25.1 Å². The Balaban J connectivity index is 2.19. The summed E-state index contributed by atoms with van der Waals surface area (Å²) >= 11 is 2.95. The van der Waals surface area contributed by atoms with Crippen LogP contribution in [0.3, 0.4) is 0 Å². The molecule has 0 radical (unpaired) electrons. The van der Waals surface area contributed by atoms with Crippen molar-refractivity contribution in [2.75, 3.05) is 5.73 Å². The second-order valence-electron chi connectivity index (χ2n) is 4.49. The van der Waals surface area contributed by atoms with E-state index < -0.39 is 24.2 Å². The van der Waals surface area contributed by atoms with Crippen LogP contribution in [0, 0.1) is 18.6 Å². The SMILES string of the molecule is Cc1ccc(N)c(C(=O)OCc2c(F)ccc(Br)c2F)c1. The normalized spacial score (nSPS) is 10.5. The number of nitrogen functional groups attached to an aromatic ring is 1. The van der Waals surface area contributed by atoms with Crippen LogP contribution in [0.1, 0.15) is 21.5 Å². The number of anilines is 1. The zero-order valence-electron chi connectivity index (χ0n) is 11.1. The molecule has 0 heterocycles. The lowest BCUT2D eigenvalue weighted by atomic mass is 10.1. The number of rotatable bonds is 3. The molecule has 110 valence electrons. The maximum atomic E-state index is 13.8. The van der Waals surface area contributed by atoms with E-state index in [1.807, 2.05) is 0 Å². The van der Waals surface area contributed by atoms with E-state index >= 15 is 0 Å². The highest BCUT2D eigenvalue weighted by molar-refractivity contribution is 9.10. The Morgan fingerprint density at radius 2 is 2.00 bits per heavy atom. The molecule has 0 atom stereocenters. The van der Waals surface area contributed by atoms with E-state index in [-0.39, 0.29) is 21.3 Å². The van der Waals surface area contributed by atoms with Crippen molar-refractivity contribution in [3.05, 3.63) is 63.1 Å². The molecular formula is C15H12BrF2NO2. The van der Waals surface area contributed by atoms with Crippen LogP contribution in [-0.4, -0.2) is 5.97 Å². The fraction of sp³-hybridized carbons (Fsp3) is 0.133. The zero-order chi connectivity index (χ0) is 15.6. The lowest BCUT2D eigenvalue weighted by molar-refractivity contribution is 0.0466. The van der Waals surface area contributed by atoms with Crippen molar-refractivity contribution in [3.63, 3.8) is 0 Å². The van der Waals surface area contributed by atoms with Crippen molar-refractivity contribution in [1.29, 1.82) is 0 Å². The van der Waals surface area contributed by atoms with Gasteiger partial charge in [-0.05, 0) is 47.1 Å². The molecule has 2 aromatic rings. The Kier molecular flexibility index (Phi) is 4.57. The monoisotopic (exact) mass is 355 g/mol. The minimum Gasteiger partial charge on any atom is -0.457 e. The van der Waals surface area contributed by atoms with Gasteiger partial charge in [-0.25, -0.2) is 13.6 Å². The molecule has 0 unspecified atom stereocenters. The summed E-state index contributed by atoms with van der Waals surface area (Å²) in [5.41, 5.74) is 6.62. The lowest BCUT2D eigenvalue weighted by Gasteiger charge is -2.10.